The second-order valence-electron chi connectivity index (χ2n) is 3.61. The van der Waals surface area contributed by atoms with Crippen LogP contribution in [0.2, 0.25) is 0 Å². The number of hydrogen-bond donors (Lipinski definition) is 4. The zero-order valence-corrected chi connectivity index (χ0v) is 10.0. The van der Waals surface area contributed by atoms with Crippen molar-refractivity contribution >= 4 is 26.6 Å². The first kappa shape index (κ1) is 12.0. The van der Waals surface area contributed by atoms with Crippen LogP contribution in [-0.4, -0.2) is 46.3 Å². The number of thiophene rings is 1. The first-order valence-electron chi connectivity index (χ1n) is 5.24. The van der Waals surface area contributed by atoms with Crippen LogP contribution in [0.15, 0.2) is 12.1 Å². The largest absolute Gasteiger partial charge is 0.493 e. The number of aliphatic hydroxyl groups is 2. The average molecular weight is 257 g/mol. The van der Waals surface area contributed by atoms with Crippen LogP contribution in [0.3, 0.4) is 0 Å². The summed E-state index contributed by atoms with van der Waals surface area (Å²) >= 11 is 1.39. The third-order valence-electron chi connectivity index (χ3n) is 2.46. The molecule has 0 aromatic carbocycles. The number of aliphatic hydroxyl groups excluding tert-OH is 2. The number of nitrogens with zero attached hydrogens (tertiary/aromatic N) is 2. The second kappa shape index (κ2) is 4.82. The maximum Gasteiger partial charge on any atom is 0.212 e. The van der Waals surface area contributed by atoms with Crippen LogP contribution in [0.25, 0.3) is 10.2 Å². The molecule has 0 saturated carbocycles. The predicted octanol–water partition coefficient (Wildman–Crippen LogP) is -0.0868. The number of anilines is 1. The topological polar surface area (TPSA) is 94.9 Å². The molecule has 0 atom stereocenters. The molecule has 6 nitrogen and oxygen atoms in total. The molecule has 5 N–H and O–H groups in total. The number of aromatic nitrogens is 1. The highest BCUT2D eigenvalue weighted by atomic mass is 32.1. The Morgan fingerprint density at radius 1 is 1.24 bits per heavy atom. The number of fused-ring (bicyclic) bond motifs is 1. The molecule has 0 spiro atoms. The third kappa shape index (κ3) is 2.17. The molecule has 0 aliphatic rings. The van der Waals surface area contributed by atoms with Gasteiger partial charge in [-0.25, -0.2) is 4.68 Å². The molecule has 2 aromatic heterocycles. The van der Waals surface area contributed by atoms with Crippen molar-refractivity contribution in [2.24, 2.45) is 0 Å². The summed E-state index contributed by atoms with van der Waals surface area (Å²) in [7, 11) is 0. The molecule has 0 aliphatic heterocycles. The SMILES string of the molecule is Nc1cc2c(cc(O)n2N(CCO)CCO)s1. The lowest BCUT2D eigenvalue weighted by Crippen LogP contribution is -2.38. The van der Waals surface area contributed by atoms with Crippen molar-refractivity contribution in [1.29, 1.82) is 0 Å². The van der Waals surface area contributed by atoms with Gasteiger partial charge in [0, 0.05) is 6.07 Å². The minimum Gasteiger partial charge on any atom is -0.493 e. The zero-order valence-electron chi connectivity index (χ0n) is 9.20. The van der Waals surface area contributed by atoms with Crippen molar-refractivity contribution in [3.05, 3.63) is 12.1 Å². The number of nitrogen functional groups attached to an aromatic ring is 1. The summed E-state index contributed by atoms with van der Waals surface area (Å²) in [4.78, 5) is 0. The Morgan fingerprint density at radius 2 is 1.88 bits per heavy atom. The van der Waals surface area contributed by atoms with E-state index in [0.29, 0.717) is 18.1 Å². The van der Waals surface area contributed by atoms with Gasteiger partial charge in [-0.2, -0.15) is 0 Å². The Hall–Kier alpha value is -1.44. The molecular formula is C10H15N3O3S. The van der Waals surface area contributed by atoms with Crippen LogP contribution < -0.4 is 10.7 Å². The van der Waals surface area contributed by atoms with Crippen LogP contribution in [-0.2, 0) is 0 Å². The van der Waals surface area contributed by atoms with E-state index in [4.69, 9.17) is 15.9 Å². The molecule has 0 saturated heterocycles. The number of nitrogens with two attached hydrogens (primary N) is 1. The van der Waals surface area contributed by atoms with Crippen molar-refractivity contribution in [2.75, 3.05) is 37.0 Å². The van der Waals surface area contributed by atoms with Crippen LogP contribution >= 0.6 is 11.3 Å². The minimum absolute atomic E-state index is 0.0568. The van der Waals surface area contributed by atoms with E-state index < -0.39 is 0 Å². The maximum atomic E-state index is 9.86. The summed E-state index contributed by atoms with van der Waals surface area (Å²) in [6, 6.07) is 3.39. The van der Waals surface area contributed by atoms with Gasteiger partial charge in [0.25, 0.3) is 0 Å². The van der Waals surface area contributed by atoms with E-state index in [2.05, 4.69) is 0 Å². The summed E-state index contributed by atoms with van der Waals surface area (Å²) in [5, 5.41) is 30.2. The Bertz CT molecular complexity index is 502. The quantitative estimate of drug-likeness (QED) is 0.600. The smallest absolute Gasteiger partial charge is 0.212 e. The molecule has 0 bridgehead atoms. The fourth-order valence-corrected chi connectivity index (χ4v) is 2.66. The first-order chi connectivity index (χ1) is 8.17. The van der Waals surface area contributed by atoms with Crippen molar-refractivity contribution in [2.45, 2.75) is 0 Å². The van der Waals surface area contributed by atoms with Crippen molar-refractivity contribution in [3.63, 3.8) is 0 Å². The maximum absolute atomic E-state index is 9.86. The van der Waals surface area contributed by atoms with Gasteiger partial charge >= 0.3 is 0 Å². The molecule has 0 unspecified atom stereocenters. The van der Waals surface area contributed by atoms with Crippen molar-refractivity contribution < 1.29 is 15.3 Å². The van der Waals surface area contributed by atoms with E-state index in [9.17, 15) is 5.11 Å². The molecule has 7 heteroatoms. The molecular weight excluding hydrogens is 242 g/mol. The summed E-state index contributed by atoms with van der Waals surface area (Å²) in [6.07, 6.45) is 0. The summed E-state index contributed by atoms with van der Waals surface area (Å²) < 4.78 is 2.44. The lowest BCUT2D eigenvalue weighted by atomic mass is 10.5. The van der Waals surface area contributed by atoms with Gasteiger partial charge in [0.1, 0.15) is 0 Å². The highest BCUT2D eigenvalue weighted by Gasteiger charge is 2.15. The molecule has 0 radical (unpaired) electrons. The number of aromatic hydroxyl groups is 1. The van der Waals surface area contributed by atoms with Gasteiger partial charge in [0.05, 0.1) is 41.5 Å². The monoisotopic (exact) mass is 257 g/mol. The predicted molar refractivity (Wildman–Crippen MR) is 68.0 cm³/mol. The van der Waals surface area contributed by atoms with Crippen molar-refractivity contribution in [3.8, 4) is 5.88 Å². The van der Waals surface area contributed by atoms with E-state index in [0.717, 1.165) is 10.2 Å². The van der Waals surface area contributed by atoms with Gasteiger partial charge in [-0.3, -0.25) is 0 Å². The van der Waals surface area contributed by atoms with Gasteiger partial charge in [-0.1, -0.05) is 0 Å². The Balaban J connectivity index is 2.45. The van der Waals surface area contributed by atoms with Crippen molar-refractivity contribution in [1.82, 2.24) is 4.68 Å². The van der Waals surface area contributed by atoms with E-state index in [1.807, 2.05) is 0 Å². The van der Waals surface area contributed by atoms with Gasteiger partial charge < -0.3 is 26.1 Å². The highest BCUT2D eigenvalue weighted by Crippen LogP contribution is 2.33. The van der Waals surface area contributed by atoms with Crippen LogP contribution in [0.4, 0.5) is 5.00 Å². The molecule has 0 amide bonds. The molecule has 2 heterocycles. The molecule has 2 rings (SSSR count). The molecule has 2 aromatic rings. The van der Waals surface area contributed by atoms with Gasteiger partial charge in [-0.15, -0.1) is 11.3 Å². The van der Waals surface area contributed by atoms with E-state index in [1.54, 1.807) is 21.8 Å². The molecule has 0 fully saturated rings. The standard InChI is InChI=1S/C10H15N3O3S/c11-9-5-7-8(17-9)6-10(16)13(7)12(1-3-14)2-4-15/h5-6,14-16H,1-4,11H2. The Labute approximate surface area is 102 Å². The van der Waals surface area contributed by atoms with Gasteiger partial charge in [-0.05, 0) is 6.07 Å². The zero-order chi connectivity index (χ0) is 12.4. The number of rotatable bonds is 5. The Kier molecular flexibility index (Phi) is 3.41. The lowest BCUT2D eigenvalue weighted by Gasteiger charge is -2.25. The van der Waals surface area contributed by atoms with E-state index in [1.165, 1.54) is 11.3 Å². The first-order valence-corrected chi connectivity index (χ1v) is 6.05. The van der Waals surface area contributed by atoms with E-state index >= 15 is 0 Å². The minimum atomic E-state index is -0.0568. The second-order valence-corrected chi connectivity index (χ2v) is 4.73. The molecule has 17 heavy (non-hydrogen) atoms. The van der Waals surface area contributed by atoms with E-state index in [-0.39, 0.29) is 19.1 Å². The lowest BCUT2D eigenvalue weighted by molar-refractivity contribution is 0.261. The molecule has 0 aliphatic carbocycles. The van der Waals surface area contributed by atoms with Crippen LogP contribution in [0, 0.1) is 0 Å². The van der Waals surface area contributed by atoms with Crippen LogP contribution in [0.5, 0.6) is 5.88 Å². The average Bonchev–Trinajstić information content (AvgIpc) is 2.72. The summed E-state index contributed by atoms with van der Waals surface area (Å²) in [5.41, 5.74) is 6.49. The van der Waals surface area contributed by atoms with Gasteiger partial charge in [0.15, 0.2) is 0 Å². The van der Waals surface area contributed by atoms with Gasteiger partial charge in [0.2, 0.25) is 5.88 Å². The number of hydrogen-bond acceptors (Lipinski definition) is 6. The third-order valence-corrected chi connectivity index (χ3v) is 3.36. The normalized spacial score (nSPS) is 11.2. The van der Waals surface area contributed by atoms with Crippen LogP contribution in [0.1, 0.15) is 0 Å². The fourth-order valence-electron chi connectivity index (χ4n) is 1.83. The fraction of sp³-hybridized carbons (Fsp3) is 0.400. The molecule has 94 valence electrons. The Morgan fingerprint density at radius 3 is 2.47 bits per heavy atom. The summed E-state index contributed by atoms with van der Waals surface area (Å²) in [5.74, 6) is 0.0770. The summed E-state index contributed by atoms with van der Waals surface area (Å²) in [6.45, 7) is 0.540. The highest BCUT2D eigenvalue weighted by molar-refractivity contribution is 7.22.